The molecule has 3 aromatic carbocycles. The molecule has 0 fully saturated rings. The minimum Gasteiger partial charge on any atom is -0.494 e. The molecule has 5 heteroatoms. The number of benzene rings is 3. The van der Waals surface area contributed by atoms with Crippen LogP contribution < -0.4 is 10.1 Å². The molecule has 0 saturated carbocycles. The first-order valence-electron chi connectivity index (χ1n) is 11.8. The molecule has 3 aromatic rings. The highest BCUT2D eigenvalue weighted by atomic mass is 19.1. The van der Waals surface area contributed by atoms with Crippen LogP contribution in [0, 0.1) is 25.6 Å². The van der Waals surface area contributed by atoms with Crippen LogP contribution in [0.4, 0.5) is 4.39 Å². The Morgan fingerprint density at radius 1 is 1.15 bits per heavy atom. The van der Waals surface area contributed by atoms with E-state index in [1.165, 1.54) is 24.3 Å². The van der Waals surface area contributed by atoms with E-state index >= 15 is 0 Å². The summed E-state index contributed by atoms with van der Waals surface area (Å²) in [6.07, 6.45) is 1.91. The molecule has 0 spiro atoms. The van der Waals surface area contributed by atoms with Crippen LogP contribution in [0.3, 0.4) is 0 Å². The maximum absolute atomic E-state index is 13.8. The largest absolute Gasteiger partial charge is 0.494 e. The summed E-state index contributed by atoms with van der Waals surface area (Å²) in [7, 11) is 1.47. The van der Waals surface area contributed by atoms with Gasteiger partial charge in [0.15, 0.2) is 11.6 Å². The van der Waals surface area contributed by atoms with Crippen molar-refractivity contribution >= 4 is 5.97 Å². The molecule has 1 aliphatic rings. The summed E-state index contributed by atoms with van der Waals surface area (Å²) >= 11 is 0. The molecule has 0 amide bonds. The summed E-state index contributed by atoms with van der Waals surface area (Å²) in [6, 6.07) is 17.6. The highest BCUT2D eigenvalue weighted by molar-refractivity contribution is 5.91. The van der Waals surface area contributed by atoms with Crippen LogP contribution in [-0.4, -0.2) is 24.7 Å². The number of carbonyl (C=O) groups is 1. The Hall–Kier alpha value is -3.18. The third-order valence-electron chi connectivity index (χ3n) is 7.20. The number of nitrogens with one attached hydrogen (secondary N) is 1. The lowest BCUT2D eigenvalue weighted by atomic mass is 9.72. The van der Waals surface area contributed by atoms with Gasteiger partial charge in [-0.15, -0.1) is 0 Å². The Morgan fingerprint density at radius 2 is 1.91 bits per heavy atom. The first kappa shape index (κ1) is 24.0. The van der Waals surface area contributed by atoms with Crippen LogP contribution in [-0.2, 0) is 6.42 Å². The minimum absolute atomic E-state index is 0.0462. The van der Waals surface area contributed by atoms with Gasteiger partial charge in [0.25, 0.3) is 0 Å². The fourth-order valence-corrected chi connectivity index (χ4v) is 5.34. The van der Waals surface area contributed by atoms with E-state index in [9.17, 15) is 14.3 Å². The summed E-state index contributed by atoms with van der Waals surface area (Å²) in [5, 5.41) is 13.4. The number of fused-ring (bicyclic) bond motifs is 1. The maximum atomic E-state index is 13.8. The van der Waals surface area contributed by atoms with E-state index in [2.05, 4.69) is 42.6 Å². The van der Waals surface area contributed by atoms with E-state index in [1.807, 2.05) is 19.9 Å². The zero-order valence-corrected chi connectivity index (χ0v) is 20.2. The van der Waals surface area contributed by atoms with Gasteiger partial charge in [-0.2, -0.15) is 0 Å². The lowest BCUT2D eigenvalue weighted by molar-refractivity contribution is 0.0695. The predicted octanol–water partition coefficient (Wildman–Crippen LogP) is 6.19. The van der Waals surface area contributed by atoms with Crippen molar-refractivity contribution in [1.82, 2.24) is 5.32 Å². The second kappa shape index (κ2) is 9.98. The van der Waals surface area contributed by atoms with E-state index in [-0.39, 0.29) is 23.5 Å². The van der Waals surface area contributed by atoms with Crippen molar-refractivity contribution in [1.29, 1.82) is 0 Å². The molecule has 1 aliphatic carbocycles. The van der Waals surface area contributed by atoms with Crippen molar-refractivity contribution in [3.8, 4) is 5.75 Å². The fraction of sp³-hybridized carbons (Fsp3) is 0.345. The molecule has 34 heavy (non-hydrogen) atoms. The van der Waals surface area contributed by atoms with Gasteiger partial charge < -0.3 is 15.2 Å². The van der Waals surface area contributed by atoms with Crippen molar-refractivity contribution in [2.24, 2.45) is 5.92 Å². The van der Waals surface area contributed by atoms with E-state index < -0.39 is 5.97 Å². The van der Waals surface area contributed by atoms with Crippen LogP contribution >= 0.6 is 0 Å². The number of aromatic carboxylic acids is 1. The molecule has 2 N–H and O–H groups in total. The molecule has 0 heterocycles. The average molecular weight is 462 g/mol. The SMILES string of the molecule is COc1cc([C@@H](C)NC[C@@H]2Cc3ccccc3C(c3ccc(C)c(C(=O)O)c3C)C2)ccc1F. The number of ether oxygens (including phenoxy) is 1. The molecular formula is C29H32FNO3. The number of carboxylic acids is 1. The number of rotatable bonds is 7. The van der Waals surface area contributed by atoms with Gasteiger partial charge in [0, 0.05) is 12.0 Å². The van der Waals surface area contributed by atoms with E-state index in [0.29, 0.717) is 11.5 Å². The standard InChI is InChI=1S/C29H32FNO3/c1-17-9-11-23(18(2)28(17)29(32)33)25-14-20(13-22-7-5-6-8-24(22)25)16-31-19(3)21-10-12-26(30)27(15-21)34-4/h5-12,15,19-20,25,31H,13-14,16H2,1-4H3,(H,32,33)/t19-,20-,25?/m1/s1. The van der Waals surface area contributed by atoms with Gasteiger partial charge in [0.05, 0.1) is 12.7 Å². The number of hydrogen-bond acceptors (Lipinski definition) is 3. The van der Waals surface area contributed by atoms with Crippen LogP contribution in [0.2, 0.25) is 0 Å². The second-order valence-electron chi connectivity index (χ2n) is 9.36. The topological polar surface area (TPSA) is 58.6 Å². The van der Waals surface area contributed by atoms with Crippen molar-refractivity contribution in [3.63, 3.8) is 0 Å². The highest BCUT2D eigenvalue weighted by Crippen LogP contribution is 2.41. The Kier molecular flexibility index (Phi) is 7.03. The van der Waals surface area contributed by atoms with Crippen molar-refractivity contribution < 1.29 is 19.0 Å². The Morgan fingerprint density at radius 3 is 2.65 bits per heavy atom. The number of halogens is 1. The summed E-state index contributed by atoms with van der Waals surface area (Å²) in [4.78, 5) is 11.9. The van der Waals surface area contributed by atoms with E-state index in [1.54, 1.807) is 12.1 Å². The van der Waals surface area contributed by atoms with Gasteiger partial charge in [-0.05, 0) is 91.6 Å². The normalized spacial score (nSPS) is 18.3. The lowest BCUT2D eigenvalue weighted by Gasteiger charge is -2.34. The predicted molar refractivity (Wildman–Crippen MR) is 132 cm³/mol. The molecule has 0 aliphatic heterocycles. The molecule has 1 unspecified atom stereocenters. The van der Waals surface area contributed by atoms with Crippen LogP contribution in [0.15, 0.2) is 54.6 Å². The lowest BCUT2D eigenvalue weighted by Crippen LogP contribution is -2.31. The molecule has 0 aromatic heterocycles. The summed E-state index contributed by atoms with van der Waals surface area (Å²) in [5.74, 6) is -0.445. The smallest absolute Gasteiger partial charge is 0.336 e. The first-order valence-corrected chi connectivity index (χ1v) is 11.8. The molecule has 178 valence electrons. The number of hydrogen-bond donors (Lipinski definition) is 2. The minimum atomic E-state index is -0.872. The molecule has 3 atom stereocenters. The highest BCUT2D eigenvalue weighted by Gasteiger charge is 2.30. The zero-order valence-electron chi connectivity index (χ0n) is 20.2. The molecule has 0 saturated heterocycles. The van der Waals surface area contributed by atoms with Crippen molar-refractivity contribution in [2.45, 2.75) is 45.6 Å². The Labute approximate surface area is 200 Å². The van der Waals surface area contributed by atoms with E-state index in [0.717, 1.165) is 41.6 Å². The van der Waals surface area contributed by atoms with Crippen molar-refractivity contribution in [3.05, 3.63) is 99.4 Å². The summed E-state index contributed by atoms with van der Waals surface area (Å²) < 4.78 is 18.9. The molecular weight excluding hydrogens is 429 g/mol. The van der Waals surface area contributed by atoms with Crippen LogP contribution in [0.25, 0.3) is 0 Å². The zero-order chi connectivity index (χ0) is 24.4. The summed E-state index contributed by atoms with van der Waals surface area (Å²) in [5.41, 5.74) is 6.74. The molecule has 0 radical (unpaired) electrons. The fourth-order valence-electron chi connectivity index (χ4n) is 5.34. The maximum Gasteiger partial charge on any atom is 0.336 e. The summed E-state index contributed by atoms with van der Waals surface area (Å²) in [6.45, 7) is 6.67. The molecule has 4 nitrogen and oxygen atoms in total. The molecule has 4 rings (SSSR count). The van der Waals surface area contributed by atoms with Gasteiger partial charge in [-0.1, -0.05) is 42.5 Å². The number of methoxy groups -OCH3 is 1. The third kappa shape index (κ3) is 4.71. The third-order valence-corrected chi connectivity index (χ3v) is 7.20. The molecule has 0 bridgehead atoms. The van der Waals surface area contributed by atoms with Gasteiger partial charge in [-0.25, -0.2) is 9.18 Å². The average Bonchev–Trinajstić information content (AvgIpc) is 2.82. The van der Waals surface area contributed by atoms with Crippen molar-refractivity contribution in [2.75, 3.05) is 13.7 Å². The first-order chi connectivity index (χ1) is 16.3. The van der Waals surface area contributed by atoms with E-state index in [4.69, 9.17) is 4.74 Å². The van der Waals surface area contributed by atoms with Crippen LogP contribution in [0.5, 0.6) is 5.75 Å². The number of aryl methyl sites for hydroxylation is 1. The second-order valence-corrected chi connectivity index (χ2v) is 9.36. The Bertz CT molecular complexity index is 1210. The van der Waals surface area contributed by atoms with Gasteiger partial charge in [0.1, 0.15) is 0 Å². The quantitative estimate of drug-likeness (QED) is 0.440. The monoisotopic (exact) mass is 461 g/mol. The van der Waals surface area contributed by atoms with Gasteiger partial charge >= 0.3 is 5.97 Å². The van der Waals surface area contributed by atoms with Gasteiger partial charge in [0.2, 0.25) is 0 Å². The van der Waals surface area contributed by atoms with Gasteiger partial charge in [-0.3, -0.25) is 0 Å². The Balaban J connectivity index is 1.58. The number of carboxylic acid groups (broad SMARTS) is 1. The van der Waals surface area contributed by atoms with Crippen LogP contribution in [0.1, 0.15) is 69.0 Å².